The van der Waals surface area contributed by atoms with Gasteiger partial charge in [0.2, 0.25) is 0 Å². The van der Waals surface area contributed by atoms with Gasteiger partial charge in [0.1, 0.15) is 0 Å². The van der Waals surface area contributed by atoms with Crippen LogP contribution in [0.15, 0.2) is 24.3 Å². The number of hydrogen-bond acceptors (Lipinski definition) is 5. The van der Waals surface area contributed by atoms with Crippen LogP contribution < -0.4 is 5.11 Å². The standard InChI is InChI=1S/C16H20O6/c1-2-3-6-11(9-14(17)18)10-22-16(21)13-8-5-4-7-12(13)15(19)20/h4-5,7-8,11H,2-3,6,9-10H2,1H3,(H,17,18)(H,19,20)/p-1. The molecule has 1 unspecified atom stereocenters. The van der Waals surface area contributed by atoms with Crippen molar-refractivity contribution < 1.29 is 29.3 Å². The molecule has 1 rings (SSSR count). The van der Waals surface area contributed by atoms with Gasteiger partial charge in [-0.15, -0.1) is 0 Å². The zero-order chi connectivity index (χ0) is 16.5. The molecular formula is C16H19O6-. The molecule has 1 atom stereocenters. The van der Waals surface area contributed by atoms with Gasteiger partial charge in [0.15, 0.2) is 0 Å². The Hall–Kier alpha value is -2.37. The number of carboxylic acid groups (broad SMARTS) is 2. The predicted molar refractivity (Wildman–Crippen MR) is 76.3 cm³/mol. The lowest BCUT2D eigenvalue weighted by molar-refractivity contribution is -0.255. The molecule has 0 saturated heterocycles. The Balaban J connectivity index is 2.70. The second-order valence-electron chi connectivity index (χ2n) is 5.04. The van der Waals surface area contributed by atoms with Gasteiger partial charge in [0, 0.05) is 11.5 Å². The number of ether oxygens (including phenoxy) is 1. The van der Waals surface area contributed by atoms with Crippen molar-refractivity contribution in [2.24, 2.45) is 5.92 Å². The van der Waals surface area contributed by atoms with E-state index in [-0.39, 0.29) is 30.1 Å². The monoisotopic (exact) mass is 307 g/mol. The van der Waals surface area contributed by atoms with E-state index in [4.69, 9.17) is 9.84 Å². The molecule has 6 nitrogen and oxygen atoms in total. The van der Waals surface area contributed by atoms with Crippen LogP contribution >= 0.6 is 0 Å². The third kappa shape index (κ3) is 5.55. The fraction of sp³-hybridized carbons (Fsp3) is 0.438. The molecule has 1 aromatic rings. The van der Waals surface area contributed by atoms with Crippen molar-refractivity contribution in [2.45, 2.75) is 32.6 Å². The summed E-state index contributed by atoms with van der Waals surface area (Å²) >= 11 is 0. The van der Waals surface area contributed by atoms with Gasteiger partial charge in [0.25, 0.3) is 0 Å². The van der Waals surface area contributed by atoms with Gasteiger partial charge in [-0.3, -0.25) is 4.79 Å². The van der Waals surface area contributed by atoms with Crippen molar-refractivity contribution in [1.82, 2.24) is 0 Å². The maximum absolute atomic E-state index is 12.0. The Morgan fingerprint density at radius 2 is 1.86 bits per heavy atom. The summed E-state index contributed by atoms with van der Waals surface area (Å²) in [6.07, 6.45) is 2.30. The molecule has 0 aliphatic rings. The number of carboxylic acids is 2. The number of carbonyl (C=O) groups is 3. The van der Waals surface area contributed by atoms with E-state index in [1.807, 2.05) is 6.92 Å². The molecule has 0 bridgehead atoms. The van der Waals surface area contributed by atoms with Crippen molar-refractivity contribution in [3.63, 3.8) is 0 Å². The molecule has 0 aliphatic heterocycles. The topological polar surface area (TPSA) is 104 Å². The molecule has 120 valence electrons. The minimum atomic E-state index is -1.46. The lowest BCUT2D eigenvalue weighted by Crippen LogP contribution is -2.26. The number of benzene rings is 1. The van der Waals surface area contributed by atoms with Gasteiger partial charge in [-0.2, -0.15) is 0 Å². The number of carbonyl (C=O) groups excluding carboxylic acids is 2. The molecule has 0 spiro atoms. The third-order valence-electron chi connectivity index (χ3n) is 3.25. The highest BCUT2D eigenvalue weighted by atomic mass is 16.5. The maximum Gasteiger partial charge on any atom is 0.338 e. The minimum Gasteiger partial charge on any atom is -0.545 e. The fourth-order valence-corrected chi connectivity index (χ4v) is 2.09. The summed E-state index contributed by atoms with van der Waals surface area (Å²) < 4.78 is 5.09. The first kappa shape index (κ1) is 17.7. The molecule has 0 fully saturated rings. The SMILES string of the molecule is CCCCC(COC(=O)c1ccccc1C(=O)[O-])CC(=O)O. The maximum atomic E-state index is 12.0. The lowest BCUT2D eigenvalue weighted by atomic mass is 9.99. The summed E-state index contributed by atoms with van der Waals surface area (Å²) in [6.45, 7) is 1.94. The van der Waals surface area contributed by atoms with Crippen LogP contribution in [0.3, 0.4) is 0 Å². The van der Waals surface area contributed by atoms with E-state index >= 15 is 0 Å². The van der Waals surface area contributed by atoms with Gasteiger partial charge in [-0.25, -0.2) is 4.79 Å². The zero-order valence-corrected chi connectivity index (χ0v) is 12.4. The normalized spacial score (nSPS) is 11.7. The Kier molecular flexibility index (Phi) is 7.08. The van der Waals surface area contributed by atoms with Crippen molar-refractivity contribution in [3.8, 4) is 0 Å². The molecule has 22 heavy (non-hydrogen) atoms. The van der Waals surface area contributed by atoms with E-state index < -0.39 is 17.9 Å². The van der Waals surface area contributed by atoms with Crippen LogP contribution in [0.4, 0.5) is 0 Å². The highest BCUT2D eigenvalue weighted by Gasteiger charge is 2.18. The summed E-state index contributed by atoms with van der Waals surface area (Å²) in [4.78, 5) is 33.7. The van der Waals surface area contributed by atoms with Crippen molar-refractivity contribution in [2.75, 3.05) is 6.61 Å². The second kappa shape index (κ2) is 8.81. The Bertz CT molecular complexity index is 537. The highest BCUT2D eigenvalue weighted by molar-refractivity contribution is 6.01. The van der Waals surface area contributed by atoms with Crippen LogP contribution in [0.2, 0.25) is 0 Å². The van der Waals surface area contributed by atoms with Crippen molar-refractivity contribution >= 4 is 17.9 Å². The summed E-state index contributed by atoms with van der Waals surface area (Å²) in [5.74, 6) is -3.48. The first-order chi connectivity index (χ1) is 10.5. The zero-order valence-electron chi connectivity index (χ0n) is 12.4. The van der Waals surface area contributed by atoms with Gasteiger partial charge >= 0.3 is 11.9 Å². The van der Waals surface area contributed by atoms with Crippen LogP contribution in [0.25, 0.3) is 0 Å². The predicted octanol–water partition coefficient (Wildman–Crippen LogP) is 1.49. The molecule has 6 heteroatoms. The number of rotatable bonds is 9. The van der Waals surface area contributed by atoms with Crippen LogP contribution in [0.1, 0.15) is 53.3 Å². The average molecular weight is 307 g/mol. The third-order valence-corrected chi connectivity index (χ3v) is 3.25. The van der Waals surface area contributed by atoms with Gasteiger partial charge < -0.3 is 19.7 Å². The Morgan fingerprint density at radius 1 is 1.23 bits per heavy atom. The van der Waals surface area contributed by atoms with Crippen LogP contribution in [0.5, 0.6) is 0 Å². The molecular weight excluding hydrogens is 288 g/mol. The number of hydrogen-bond donors (Lipinski definition) is 1. The number of aromatic carboxylic acids is 1. The summed E-state index contributed by atoms with van der Waals surface area (Å²) in [6, 6.07) is 5.61. The number of unbranched alkanes of at least 4 members (excludes halogenated alkanes) is 1. The molecule has 1 aromatic carbocycles. The fourth-order valence-electron chi connectivity index (χ4n) is 2.09. The number of aliphatic carboxylic acids is 1. The van der Waals surface area contributed by atoms with E-state index in [2.05, 4.69) is 0 Å². The van der Waals surface area contributed by atoms with Gasteiger partial charge in [0.05, 0.1) is 24.6 Å². The van der Waals surface area contributed by atoms with Crippen LogP contribution in [0, 0.1) is 5.92 Å². The Morgan fingerprint density at radius 3 is 2.41 bits per heavy atom. The first-order valence-electron chi connectivity index (χ1n) is 7.15. The molecule has 0 heterocycles. The molecule has 0 saturated carbocycles. The minimum absolute atomic E-state index is 0.0491. The second-order valence-corrected chi connectivity index (χ2v) is 5.04. The van der Waals surface area contributed by atoms with E-state index in [0.29, 0.717) is 6.42 Å². The van der Waals surface area contributed by atoms with Gasteiger partial charge in [-0.1, -0.05) is 38.0 Å². The quantitative estimate of drug-likeness (QED) is 0.693. The summed E-state index contributed by atoms with van der Waals surface area (Å²) in [5.41, 5.74) is -0.331. The molecule has 0 aromatic heterocycles. The highest BCUT2D eigenvalue weighted by Crippen LogP contribution is 2.16. The summed E-state index contributed by atoms with van der Waals surface area (Å²) in [5, 5.41) is 19.8. The molecule has 1 N–H and O–H groups in total. The average Bonchev–Trinajstić information content (AvgIpc) is 2.49. The lowest BCUT2D eigenvalue weighted by Gasteiger charge is -2.16. The van der Waals surface area contributed by atoms with Crippen LogP contribution in [-0.2, 0) is 9.53 Å². The molecule has 0 aliphatic carbocycles. The number of esters is 1. The largest absolute Gasteiger partial charge is 0.545 e. The van der Waals surface area contributed by atoms with Crippen LogP contribution in [-0.4, -0.2) is 29.6 Å². The van der Waals surface area contributed by atoms with E-state index in [1.165, 1.54) is 24.3 Å². The van der Waals surface area contributed by atoms with Crippen molar-refractivity contribution in [1.29, 1.82) is 0 Å². The van der Waals surface area contributed by atoms with E-state index in [1.54, 1.807) is 0 Å². The van der Waals surface area contributed by atoms with Gasteiger partial charge in [-0.05, 0) is 12.5 Å². The van der Waals surface area contributed by atoms with E-state index in [9.17, 15) is 19.5 Å². The smallest absolute Gasteiger partial charge is 0.338 e. The first-order valence-corrected chi connectivity index (χ1v) is 7.15. The summed E-state index contributed by atoms with van der Waals surface area (Å²) in [7, 11) is 0. The Labute approximate surface area is 128 Å². The van der Waals surface area contributed by atoms with Crippen molar-refractivity contribution in [3.05, 3.63) is 35.4 Å². The molecule has 0 radical (unpaired) electrons. The van der Waals surface area contributed by atoms with E-state index in [0.717, 1.165) is 12.8 Å². The molecule has 0 amide bonds.